The summed E-state index contributed by atoms with van der Waals surface area (Å²) in [6, 6.07) is 6.12. The predicted octanol–water partition coefficient (Wildman–Crippen LogP) is 4.09. The summed E-state index contributed by atoms with van der Waals surface area (Å²) in [4.78, 5) is 30.3. The Labute approximate surface area is 152 Å². The number of benzene rings is 1. The van der Waals surface area contributed by atoms with Crippen molar-refractivity contribution in [2.75, 3.05) is 16.8 Å². The Hall–Kier alpha value is -2.21. The molecule has 132 valence electrons. The van der Waals surface area contributed by atoms with E-state index >= 15 is 0 Å². The van der Waals surface area contributed by atoms with Gasteiger partial charge in [-0.05, 0) is 30.9 Å². The maximum absolute atomic E-state index is 12.2. The summed E-state index contributed by atoms with van der Waals surface area (Å²) in [7, 11) is 0. The highest BCUT2D eigenvalue weighted by molar-refractivity contribution is 7.14. The number of hydrogen-bond donors (Lipinski definition) is 1. The summed E-state index contributed by atoms with van der Waals surface area (Å²) in [5.41, 5.74) is 3.95. The molecular weight excluding hydrogens is 334 g/mol. The lowest BCUT2D eigenvalue weighted by atomic mass is 10.0. The molecule has 0 unspecified atom stereocenters. The van der Waals surface area contributed by atoms with E-state index in [2.05, 4.69) is 16.4 Å². The van der Waals surface area contributed by atoms with E-state index in [1.165, 1.54) is 16.9 Å². The monoisotopic (exact) mass is 357 g/mol. The quantitative estimate of drug-likeness (QED) is 0.876. The lowest BCUT2D eigenvalue weighted by Gasteiger charge is -2.15. The number of fused-ring (bicyclic) bond motifs is 1. The summed E-state index contributed by atoms with van der Waals surface area (Å²) in [6.07, 6.45) is 2.54. The fraction of sp³-hybridized carbons (Fsp3) is 0.421. The average Bonchev–Trinajstić information content (AvgIpc) is 3.21. The third-order valence-electron chi connectivity index (χ3n) is 4.75. The van der Waals surface area contributed by atoms with Crippen LogP contribution >= 0.6 is 11.3 Å². The van der Waals surface area contributed by atoms with Gasteiger partial charge in [-0.1, -0.05) is 26.0 Å². The van der Waals surface area contributed by atoms with Crippen LogP contribution in [0.15, 0.2) is 23.6 Å². The van der Waals surface area contributed by atoms with Gasteiger partial charge in [0, 0.05) is 36.0 Å². The van der Waals surface area contributed by atoms with E-state index in [9.17, 15) is 9.59 Å². The smallest absolute Gasteiger partial charge is 0.229 e. The zero-order valence-electron chi connectivity index (χ0n) is 14.8. The van der Waals surface area contributed by atoms with Crippen LogP contribution in [0.4, 0.5) is 10.8 Å². The fourth-order valence-electron chi connectivity index (χ4n) is 3.20. The summed E-state index contributed by atoms with van der Waals surface area (Å²) < 4.78 is 0. The second kappa shape index (κ2) is 7.35. The third kappa shape index (κ3) is 3.58. The number of rotatable bonds is 5. The minimum atomic E-state index is 0.0245. The highest BCUT2D eigenvalue weighted by Crippen LogP contribution is 2.34. The molecule has 1 aromatic heterocycles. The molecule has 0 aliphatic carbocycles. The van der Waals surface area contributed by atoms with Gasteiger partial charge in [-0.3, -0.25) is 9.59 Å². The van der Waals surface area contributed by atoms with Gasteiger partial charge >= 0.3 is 0 Å². The molecular formula is C19H23N3O2S. The van der Waals surface area contributed by atoms with Crippen LogP contribution in [0.3, 0.4) is 0 Å². The normalized spacial score (nSPS) is 13.2. The maximum Gasteiger partial charge on any atom is 0.229 e. The van der Waals surface area contributed by atoms with Gasteiger partial charge in [0.25, 0.3) is 0 Å². The molecule has 0 saturated carbocycles. The molecule has 2 aromatic rings. The maximum atomic E-state index is 12.2. The van der Waals surface area contributed by atoms with Gasteiger partial charge in [0.2, 0.25) is 11.8 Å². The standard InChI is InChI=1S/C19H23N3O2S/c1-4-13(5-2)18(24)21-19-20-16(11-25-19)15-7-6-14-8-9-22(12(3)23)17(14)10-15/h6-7,10-11,13H,4-5,8-9H2,1-3H3,(H,20,21,24). The van der Waals surface area contributed by atoms with Gasteiger partial charge in [-0.25, -0.2) is 4.98 Å². The van der Waals surface area contributed by atoms with Crippen molar-refractivity contribution in [1.82, 2.24) is 4.98 Å². The van der Waals surface area contributed by atoms with Crippen LogP contribution in [0.25, 0.3) is 11.3 Å². The van der Waals surface area contributed by atoms with Crippen molar-refractivity contribution in [3.63, 3.8) is 0 Å². The first-order valence-corrected chi connectivity index (χ1v) is 9.59. The number of hydrogen-bond acceptors (Lipinski definition) is 4. The van der Waals surface area contributed by atoms with E-state index in [0.29, 0.717) is 5.13 Å². The molecule has 2 heterocycles. The second-order valence-corrected chi connectivity index (χ2v) is 7.16. The lowest BCUT2D eigenvalue weighted by Crippen LogP contribution is -2.25. The van der Waals surface area contributed by atoms with Crippen molar-refractivity contribution in [2.24, 2.45) is 5.92 Å². The molecule has 1 N–H and O–H groups in total. The van der Waals surface area contributed by atoms with E-state index in [1.54, 1.807) is 11.8 Å². The topological polar surface area (TPSA) is 62.3 Å². The molecule has 0 saturated heterocycles. The minimum Gasteiger partial charge on any atom is -0.312 e. The zero-order valence-corrected chi connectivity index (χ0v) is 15.7. The number of aromatic nitrogens is 1. The number of amides is 2. The molecule has 25 heavy (non-hydrogen) atoms. The van der Waals surface area contributed by atoms with Crippen LogP contribution < -0.4 is 10.2 Å². The third-order valence-corrected chi connectivity index (χ3v) is 5.51. The van der Waals surface area contributed by atoms with Crippen LogP contribution in [-0.4, -0.2) is 23.3 Å². The van der Waals surface area contributed by atoms with Crippen molar-refractivity contribution in [3.8, 4) is 11.3 Å². The minimum absolute atomic E-state index is 0.0245. The molecule has 0 bridgehead atoms. The average molecular weight is 357 g/mol. The van der Waals surface area contributed by atoms with Crippen molar-refractivity contribution in [3.05, 3.63) is 29.1 Å². The first-order chi connectivity index (χ1) is 12.0. The second-order valence-electron chi connectivity index (χ2n) is 6.30. The molecule has 0 fully saturated rings. The fourth-order valence-corrected chi connectivity index (χ4v) is 3.92. The van der Waals surface area contributed by atoms with Gasteiger partial charge in [0.15, 0.2) is 5.13 Å². The van der Waals surface area contributed by atoms with Crippen molar-refractivity contribution < 1.29 is 9.59 Å². The Balaban J connectivity index is 1.80. The summed E-state index contributed by atoms with van der Waals surface area (Å²) in [5, 5.41) is 5.48. The van der Waals surface area contributed by atoms with E-state index in [-0.39, 0.29) is 17.7 Å². The highest BCUT2D eigenvalue weighted by Gasteiger charge is 2.23. The molecule has 5 nitrogen and oxygen atoms in total. The van der Waals surface area contributed by atoms with Gasteiger partial charge in [0.1, 0.15) is 0 Å². The Kier molecular flexibility index (Phi) is 5.18. The molecule has 1 aromatic carbocycles. The number of carbonyl (C=O) groups is 2. The molecule has 1 aliphatic heterocycles. The first kappa shape index (κ1) is 17.6. The summed E-state index contributed by atoms with van der Waals surface area (Å²) >= 11 is 1.43. The number of nitrogens with zero attached hydrogens (tertiary/aromatic N) is 2. The Morgan fingerprint density at radius 3 is 2.76 bits per heavy atom. The van der Waals surface area contributed by atoms with E-state index in [0.717, 1.165) is 42.8 Å². The molecule has 0 atom stereocenters. The largest absolute Gasteiger partial charge is 0.312 e. The molecule has 0 radical (unpaired) electrons. The summed E-state index contributed by atoms with van der Waals surface area (Å²) in [5.74, 6) is 0.117. The van der Waals surface area contributed by atoms with E-state index < -0.39 is 0 Å². The Bertz CT molecular complexity index is 796. The van der Waals surface area contributed by atoms with E-state index in [1.807, 2.05) is 31.4 Å². The van der Waals surface area contributed by atoms with Crippen molar-refractivity contribution in [1.29, 1.82) is 0 Å². The van der Waals surface area contributed by atoms with E-state index in [4.69, 9.17) is 0 Å². The van der Waals surface area contributed by atoms with Gasteiger partial charge in [0.05, 0.1) is 5.69 Å². The number of anilines is 2. The molecule has 0 spiro atoms. The van der Waals surface area contributed by atoms with Crippen molar-refractivity contribution in [2.45, 2.75) is 40.0 Å². The van der Waals surface area contributed by atoms with Crippen LogP contribution in [0.2, 0.25) is 0 Å². The molecule has 3 rings (SSSR count). The molecule has 1 aliphatic rings. The molecule has 2 amide bonds. The predicted molar refractivity (Wildman–Crippen MR) is 102 cm³/mol. The number of carbonyl (C=O) groups excluding carboxylic acids is 2. The SMILES string of the molecule is CCC(CC)C(=O)Nc1nc(-c2ccc3c(c2)N(C(C)=O)CC3)cs1. The van der Waals surface area contributed by atoms with Crippen molar-refractivity contribution >= 4 is 34.0 Å². The van der Waals surface area contributed by atoms with Crippen LogP contribution in [-0.2, 0) is 16.0 Å². The van der Waals surface area contributed by atoms with Gasteiger partial charge < -0.3 is 10.2 Å². The van der Waals surface area contributed by atoms with Crippen LogP contribution in [0, 0.1) is 5.92 Å². The first-order valence-electron chi connectivity index (χ1n) is 8.71. The Morgan fingerprint density at radius 1 is 1.32 bits per heavy atom. The van der Waals surface area contributed by atoms with Gasteiger partial charge in [-0.15, -0.1) is 11.3 Å². The molecule has 6 heteroatoms. The lowest BCUT2D eigenvalue weighted by molar-refractivity contribution is -0.120. The van der Waals surface area contributed by atoms with Gasteiger partial charge in [-0.2, -0.15) is 0 Å². The number of thiazole rings is 1. The summed E-state index contributed by atoms with van der Waals surface area (Å²) in [6.45, 7) is 6.37. The highest BCUT2D eigenvalue weighted by atomic mass is 32.1. The number of nitrogens with one attached hydrogen (secondary N) is 1. The zero-order chi connectivity index (χ0) is 18.0. The van der Waals surface area contributed by atoms with Crippen LogP contribution in [0.5, 0.6) is 0 Å². The Morgan fingerprint density at radius 2 is 2.08 bits per heavy atom. The van der Waals surface area contributed by atoms with Crippen LogP contribution in [0.1, 0.15) is 39.2 Å².